The minimum Gasteiger partial charge on any atom is -0.444 e. The Morgan fingerprint density at radius 2 is 0.530 bits per heavy atom. The topological polar surface area (TPSA) is 275 Å². The Kier molecular flexibility index (Phi) is 51.0. The average molecular weight is 960 g/mol. The number of azide groups is 2. The first-order valence-electron chi connectivity index (χ1n) is 22.6. The van der Waals surface area contributed by atoms with Gasteiger partial charge in [-0.25, -0.2) is 4.79 Å². The van der Waals surface area contributed by atoms with Crippen LogP contribution in [-0.4, -0.2) is 254 Å². The molecule has 0 atom stereocenters. The Morgan fingerprint density at radius 3 is 0.712 bits per heavy atom. The summed E-state index contributed by atoms with van der Waals surface area (Å²) >= 11 is 0. The second-order valence-electron chi connectivity index (χ2n) is 14.2. The van der Waals surface area contributed by atoms with Crippen LogP contribution in [0.3, 0.4) is 0 Å². The van der Waals surface area contributed by atoms with Gasteiger partial charge in [0, 0.05) is 36.0 Å². The summed E-state index contributed by atoms with van der Waals surface area (Å²) in [5.41, 5.74) is 15.7. The molecule has 25 nitrogen and oxygen atoms in total. The predicted octanol–water partition coefficient (Wildman–Crippen LogP) is 3.11. The van der Waals surface area contributed by atoms with Crippen molar-refractivity contribution in [1.29, 1.82) is 0 Å². The summed E-state index contributed by atoms with van der Waals surface area (Å²) in [5, 5.41) is 6.76. The zero-order valence-corrected chi connectivity index (χ0v) is 39.9. The first kappa shape index (κ1) is 63.2. The van der Waals surface area contributed by atoms with Crippen LogP contribution in [0.25, 0.3) is 20.9 Å². The van der Waals surface area contributed by atoms with E-state index in [0.29, 0.717) is 238 Å². The van der Waals surface area contributed by atoms with Crippen LogP contribution >= 0.6 is 0 Å². The zero-order chi connectivity index (χ0) is 48.0. The van der Waals surface area contributed by atoms with Gasteiger partial charge in [0.25, 0.3) is 0 Å². The lowest BCUT2D eigenvalue weighted by Gasteiger charge is -2.27. The monoisotopic (exact) mass is 960 g/mol. The van der Waals surface area contributed by atoms with Gasteiger partial charge in [-0.05, 0) is 31.8 Å². The molecular formula is C41H81N7O18. The Bertz CT molecular complexity index is 1050. The van der Waals surface area contributed by atoms with E-state index in [4.69, 9.17) is 91.6 Å². The predicted molar refractivity (Wildman–Crippen MR) is 239 cm³/mol. The molecule has 0 aromatic rings. The molecule has 0 aliphatic rings. The molecule has 0 rings (SSSR count). The number of carbonyl (C=O) groups is 1. The van der Waals surface area contributed by atoms with Crippen molar-refractivity contribution >= 4 is 6.09 Å². The van der Waals surface area contributed by atoms with E-state index < -0.39 is 11.7 Å². The van der Waals surface area contributed by atoms with Gasteiger partial charge in [0.15, 0.2) is 0 Å². The van der Waals surface area contributed by atoms with Crippen LogP contribution in [0.1, 0.15) is 20.8 Å². The van der Waals surface area contributed by atoms with Gasteiger partial charge < -0.3 is 85.4 Å². The van der Waals surface area contributed by atoms with E-state index in [0.717, 1.165) is 0 Å². The van der Waals surface area contributed by atoms with Gasteiger partial charge in [-0.2, -0.15) is 0 Å². The van der Waals surface area contributed by atoms with Crippen molar-refractivity contribution in [2.75, 3.05) is 238 Å². The molecule has 0 saturated heterocycles. The van der Waals surface area contributed by atoms with Crippen molar-refractivity contribution in [3.8, 4) is 0 Å². The maximum absolute atomic E-state index is 12.8. The summed E-state index contributed by atoms with van der Waals surface area (Å²) in [6.07, 6.45) is -0.433. The number of ether oxygens (including phenoxy) is 17. The van der Waals surface area contributed by atoms with Crippen LogP contribution in [0.5, 0.6) is 0 Å². The van der Waals surface area contributed by atoms with Crippen molar-refractivity contribution in [2.45, 2.75) is 26.4 Å². The average Bonchev–Trinajstić information content (AvgIpc) is 3.29. The van der Waals surface area contributed by atoms with Gasteiger partial charge in [0.2, 0.25) is 0 Å². The van der Waals surface area contributed by atoms with Gasteiger partial charge in [-0.3, -0.25) is 0 Å². The number of hydrogen-bond donors (Lipinski definition) is 0. The summed E-state index contributed by atoms with van der Waals surface area (Å²) < 4.78 is 93.1. The molecule has 0 aliphatic heterocycles. The van der Waals surface area contributed by atoms with Gasteiger partial charge in [-0.1, -0.05) is 10.2 Å². The fourth-order valence-corrected chi connectivity index (χ4v) is 4.55. The fraction of sp³-hybridized carbons (Fsp3) is 0.976. The third-order valence-corrected chi connectivity index (χ3v) is 7.67. The number of rotatable bonds is 54. The SMILES string of the molecule is CC(C)(C)OC(=O)N(CCOCCOCCOCCOCCOCCOCCOCCOCCN=[N+]=[N-])CCOCCOCCOCCOCCOCCOCCOCCOCCN=[N+]=[N-]. The van der Waals surface area contributed by atoms with Crippen LogP contribution in [0.2, 0.25) is 0 Å². The summed E-state index contributed by atoms with van der Waals surface area (Å²) in [5.74, 6) is 0. The third kappa shape index (κ3) is 53.9. The van der Waals surface area contributed by atoms with Crippen LogP contribution in [0.15, 0.2) is 10.2 Å². The Balaban J connectivity index is 3.59. The largest absolute Gasteiger partial charge is 0.444 e. The lowest BCUT2D eigenvalue weighted by molar-refractivity contribution is -0.0254. The lowest BCUT2D eigenvalue weighted by Crippen LogP contribution is -2.40. The second-order valence-corrected chi connectivity index (χ2v) is 14.2. The van der Waals surface area contributed by atoms with E-state index >= 15 is 0 Å². The van der Waals surface area contributed by atoms with Crippen molar-refractivity contribution < 1.29 is 85.3 Å². The fourth-order valence-electron chi connectivity index (χ4n) is 4.55. The molecule has 0 heterocycles. The molecular weight excluding hydrogens is 878 g/mol. The number of carbonyl (C=O) groups excluding carboxylic acids is 1. The zero-order valence-electron chi connectivity index (χ0n) is 39.9. The van der Waals surface area contributed by atoms with Gasteiger partial charge >= 0.3 is 6.09 Å². The number of hydrogen-bond acceptors (Lipinski definition) is 20. The molecule has 0 aromatic carbocycles. The van der Waals surface area contributed by atoms with E-state index in [2.05, 4.69) is 20.1 Å². The van der Waals surface area contributed by atoms with Gasteiger partial charge in [-0.15, -0.1) is 0 Å². The molecule has 0 aliphatic carbocycles. The van der Waals surface area contributed by atoms with Crippen LogP contribution in [0.4, 0.5) is 4.79 Å². The summed E-state index contributed by atoms with van der Waals surface area (Å²) in [6.45, 7) is 20.6. The first-order valence-corrected chi connectivity index (χ1v) is 22.6. The van der Waals surface area contributed by atoms with E-state index in [1.54, 1.807) is 4.90 Å². The summed E-state index contributed by atoms with van der Waals surface area (Å²) in [4.78, 5) is 19.6. The summed E-state index contributed by atoms with van der Waals surface area (Å²) in [6, 6.07) is 0. The highest BCUT2D eigenvalue weighted by molar-refractivity contribution is 5.68. The molecule has 0 unspecified atom stereocenters. The number of nitrogens with zero attached hydrogens (tertiary/aromatic N) is 7. The second kappa shape index (κ2) is 53.2. The van der Waals surface area contributed by atoms with Crippen LogP contribution in [0, 0.1) is 0 Å². The smallest absolute Gasteiger partial charge is 0.410 e. The molecule has 0 N–H and O–H groups in total. The quantitative estimate of drug-likeness (QED) is 0.0366. The Labute approximate surface area is 390 Å². The molecule has 66 heavy (non-hydrogen) atoms. The molecule has 0 radical (unpaired) electrons. The molecule has 1 amide bonds. The van der Waals surface area contributed by atoms with Crippen LogP contribution in [-0.2, 0) is 80.5 Å². The third-order valence-electron chi connectivity index (χ3n) is 7.67. The maximum Gasteiger partial charge on any atom is 0.410 e. The molecule has 0 fully saturated rings. The van der Waals surface area contributed by atoms with E-state index in [1.165, 1.54) is 0 Å². The lowest BCUT2D eigenvalue weighted by atomic mass is 10.2. The van der Waals surface area contributed by atoms with Crippen molar-refractivity contribution in [3.63, 3.8) is 0 Å². The van der Waals surface area contributed by atoms with E-state index in [9.17, 15) is 4.79 Å². The first-order chi connectivity index (χ1) is 32.4. The molecule has 25 heteroatoms. The number of amides is 1. The Hall–Kier alpha value is -2.75. The van der Waals surface area contributed by atoms with Gasteiger partial charge in [0.05, 0.1) is 211 Å². The molecule has 0 bridgehead atoms. The highest BCUT2D eigenvalue weighted by atomic mass is 16.6. The minimum atomic E-state index is -0.629. The van der Waals surface area contributed by atoms with Gasteiger partial charge in [0.1, 0.15) is 5.60 Å². The standard InChI is InChI=1S/C41H81N7O18/c1-41(2,3)66-40(49)48(6-10-52-14-18-56-22-26-60-30-34-64-38-36-62-32-28-58-24-20-54-16-12-50-8-4-44-46-42)7-11-53-15-19-57-23-27-61-31-35-65-39-37-63-33-29-59-25-21-55-17-13-51-9-5-45-47-43/h4-39H2,1-3H3. The molecule has 0 aromatic heterocycles. The van der Waals surface area contributed by atoms with Crippen molar-refractivity contribution in [3.05, 3.63) is 20.9 Å². The molecule has 0 spiro atoms. The van der Waals surface area contributed by atoms with E-state index in [-0.39, 0.29) is 0 Å². The summed E-state index contributed by atoms with van der Waals surface area (Å²) in [7, 11) is 0. The van der Waals surface area contributed by atoms with E-state index in [1.807, 2.05) is 20.8 Å². The highest BCUT2D eigenvalue weighted by Crippen LogP contribution is 2.10. The minimum absolute atomic E-state index is 0.313. The maximum atomic E-state index is 12.8. The Morgan fingerprint density at radius 1 is 0.348 bits per heavy atom. The highest BCUT2D eigenvalue weighted by Gasteiger charge is 2.22. The molecule has 388 valence electrons. The van der Waals surface area contributed by atoms with Crippen molar-refractivity contribution in [1.82, 2.24) is 4.90 Å². The van der Waals surface area contributed by atoms with Crippen molar-refractivity contribution in [2.24, 2.45) is 10.2 Å². The molecule has 0 saturated carbocycles. The normalized spacial score (nSPS) is 11.4. The van der Waals surface area contributed by atoms with Crippen LogP contribution < -0.4 is 0 Å².